The van der Waals surface area contributed by atoms with E-state index in [1.165, 1.54) is 6.92 Å². The maximum Gasteiger partial charge on any atom is 0.258 e. The van der Waals surface area contributed by atoms with Crippen LogP contribution in [0.25, 0.3) is 0 Å². The molecule has 3 nitrogen and oxygen atoms in total. The zero-order chi connectivity index (χ0) is 13.1. The number of nitrogens with zero attached hydrogens (tertiary/aromatic N) is 1. The van der Waals surface area contributed by atoms with Gasteiger partial charge in [0.25, 0.3) is 6.43 Å². The van der Waals surface area contributed by atoms with Crippen molar-refractivity contribution in [2.24, 2.45) is 0 Å². The summed E-state index contributed by atoms with van der Waals surface area (Å²) in [6.07, 6.45) is -0.936. The Hall–Kier alpha value is -1.65. The number of alkyl halides is 2. The van der Waals surface area contributed by atoms with Gasteiger partial charge < -0.3 is 10.2 Å². The number of nitrogens with one attached hydrogen (secondary N) is 1. The Morgan fingerprint density at radius 2 is 1.94 bits per heavy atom. The summed E-state index contributed by atoms with van der Waals surface area (Å²) in [4.78, 5) is 13.3. The SMILES string of the molecule is CC(Nc1ccc(N2CCCC2=O)cc1)C(F)F. The summed E-state index contributed by atoms with van der Waals surface area (Å²) in [7, 11) is 0. The topological polar surface area (TPSA) is 32.3 Å². The average molecular weight is 254 g/mol. The quantitative estimate of drug-likeness (QED) is 0.896. The molecule has 18 heavy (non-hydrogen) atoms. The largest absolute Gasteiger partial charge is 0.377 e. The molecule has 1 saturated heterocycles. The van der Waals surface area contributed by atoms with Crippen LogP contribution in [-0.2, 0) is 4.79 Å². The van der Waals surface area contributed by atoms with Gasteiger partial charge >= 0.3 is 0 Å². The lowest BCUT2D eigenvalue weighted by atomic mass is 10.2. The van der Waals surface area contributed by atoms with E-state index < -0.39 is 12.5 Å². The second kappa shape index (κ2) is 5.33. The molecule has 1 atom stereocenters. The van der Waals surface area contributed by atoms with Crippen LogP contribution in [-0.4, -0.2) is 24.9 Å². The molecule has 1 heterocycles. The first-order chi connectivity index (χ1) is 8.58. The summed E-state index contributed by atoms with van der Waals surface area (Å²) >= 11 is 0. The predicted molar refractivity (Wildman–Crippen MR) is 67.1 cm³/mol. The molecule has 98 valence electrons. The minimum Gasteiger partial charge on any atom is -0.377 e. The highest BCUT2D eigenvalue weighted by Gasteiger charge is 2.21. The van der Waals surface area contributed by atoms with Crippen molar-refractivity contribution >= 4 is 17.3 Å². The number of hydrogen-bond donors (Lipinski definition) is 1. The van der Waals surface area contributed by atoms with E-state index in [9.17, 15) is 13.6 Å². The van der Waals surface area contributed by atoms with E-state index in [-0.39, 0.29) is 5.91 Å². The highest BCUT2D eigenvalue weighted by Crippen LogP contribution is 2.23. The minimum atomic E-state index is -2.40. The Morgan fingerprint density at radius 3 is 2.44 bits per heavy atom. The van der Waals surface area contributed by atoms with Crippen LogP contribution in [0.4, 0.5) is 20.2 Å². The molecule has 0 bridgehead atoms. The van der Waals surface area contributed by atoms with Crippen LogP contribution < -0.4 is 10.2 Å². The second-order valence-corrected chi connectivity index (χ2v) is 4.46. The molecule has 1 amide bonds. The van der Waals surface area contributed by atoms with E-state index >= 15 is 0 Å². The van der Waals surface area contributed by atoms with E-state index in [2.05, 4.69) is 5.32 Å². The Labute approximate surface area is 105 Å². The third-order valence-corrected chi connectivity index (χ3v) is 3.02. The van der Waals surface area contributed by atoms with Crippen molar-refractivity contribution in [3.63, 3.8) is 0 Å². The molecule has 0 saturated carbocycles. The first-order valence-corrected chi connectivity index (χ1v) is 6.03. The van der Waals surface area contributed by atoms with Gasteiger partial charge in [0.2, 0.25) is 5.91 Å². The van der Waals surface area contributed by atoms with Gasteiger partial charge in [0, 0.05) is 24.3 Å². The average Bonchev–Trinajstić information content (AvgIpc) is 2.76. The van der Waals surface area contributed by atoms with Gasteiger partial charge in [-0.1, -0.05) is 0 Å². The summed E-state index contributed by atoms with van der Waals surface area (Å²) in [5, 5.41) is 2.72. The third-order valence-electron chi connectivity index (χ3n) is 3.02. The zero-order valence-electron chi connectivity index (χ0n) is 10.2. The maximum atomic E-state index is 12.4. The minimum absolute atomic E-state index is 0.122. The highest BCUT2D eigenvalue weighted by atomic mass is 19.3. The van der Waals surface area contributed by atoms with Crippen LogP contribution in [0.5, 0.6) is 0 Å². The fourth-order valence-corrected chi connectivity index (χ4v) is 1.98. The van der Waals surface area contributed by atoms with Crippen molar-refractivity contribution < 1.29 is 13.6 Å². The molecule has 1 aliphatic rings. The summed E-state index contributed by atoms with van der Waals surface area (Å²) in [6.45, 7) is 2.17. The van der Waals surface area contributed by atoms with Crippen molar-refractivity contribution in [3.8, 4) is 0 Å². The van der Waals surface area contributed by atoms with Crippen molar-refractivity contribution in [1.29, 1.82) is 0 Å². The van der Waals surface area contributed by atoms with Crippen LogP contribution in [0, 0.1) is 0 Å². The zero-order valence-corrected chi connectivity index (χ0v) is 10.2. The molecular weight excluding hydrogens is 238 g/mol. The molecule has 0 aliphatic carbocycles. The van der Waals surface area contributed by atoms with Gasteiger partial charge in [-0.05, 0) is 37.6 Å². The molecule has 1 fully saturated rings. The van der Waals surface area contributed by atoms with E-state index in [0.717, 1.165) is 18.7 Å². The normalized spacial score (nSPS) is 17.3. The lowest BCUT2D eigenvalue weighted by Crippen LogP contribution is -2.24. The molecule has 0 spiro atoms. The molecule has 5 heteroatoms. The summed E-state index contributed by atoms with van der Waals surface area (Å²) in [5.74, 6) is 0.122. The van der Waals surface area contributed by atoms with Crippen LogP contribution in [0.3, 0.4) is 0 Å². The number of carbonyl (C=O) groups excluding carboxylic acids is 1. The predicted octanol–water partition coefficient (Wildman–Crippen LogP) is 2.88. The van der Waals surface area contributed by atoms with Gasteiger partial charge in [0.1, 0.15) is 0 Å². The number of anilines is 2. The summed E-state index contributed by atoms with van der Waals surface area (Å²) in [6, 6.07) is 6.12. The smallest absolute Gasteiger partial charge is 0.258 e. The molecule has 1 aliphatic heterocycles. The van der Waals surface area contributed by atoms with Crippen molar-refractivity contribution in [3.05, 3.63) is 24.3 Å². The Bertz CT molecular complexity index is 420. The Kier molecular flexibility index (Phi) is 3.79. The van der Waals surface area contributed by atoms with Crippen LogP contribution >= 0.6 is 0 Å². The highest BCUT2D eigenvalue weighted by molar-refractivity contribution is 5.95. The van der Waals surface area contributed by atoms with Gasteiger partial charge in [-0.2, -0.15) is 0 Å². The molecule has 0 radical (unpaired) electrons. The van der Waals surface area contributed by atoms with E-state index in [1.54, 1.807) is 29.2 Å². The number of rotatable bonds is 4. The molecule has 1 unspecified atom stereocenters. The molecule has 0 aromatic heterocycles. The summed E-state index contributed by atoms with van der Waals surface area (Å²) < 4.78 is 24.7. The van der Waals surface area contributed by atoms with Gasteiger partial charge in [-0.3, -0.25) is 4.79 Å². The standard InChI is InChI=1S/C13H16F2N2O/c1-9(13(14)15)16-10-4-6-11(7-5-10)17-8-2-3-12(17)18/h4-7,9,13,16H,2-3,8H2,1H3. The first kappa shape index (κ1) is 12.8. The Morgan fingerprint density at radius 1 is 1.28 bits per heavy atom. The number of carbonyl (C=O) groups is 1. The number of amides is 1. The van der Waals surface area contributed by atoms with Crippen LogP contribution in [0.15, 0.2) is 24.3 Å². The number of benzene rings is 1. The third kappa shape index (κ3) is 2.78. The van der Waals surface area contributed by atoms with Gasteiger partial charge in [-0.25, -0.2) is 8.78 Å². The van der Waals surface area contributed by atoms with Crippen LogP contribution in [0.1, 0.15) is 19.8 Å². The van der Waals surface area contributed by atoms with Crippen molar-refractivity contribution in [1.82, 2.24) is 0 Å². The second-order valence-electron chi connectivity index (χ2n) is 4.46. The van der Waals surface area contributed by atoms with Gasteiger partial charge in [-0.15, -0.1) is 0 Å². The monoisotopic (exact) mass is 254 g/mol. The summed E-state index contributed by atoms with van der Waals surface area (Å²) in [5.41, 5.74) is 1.46. The fraction of sp³-hybridized carbons (Fsp3) is 0.462. The van der Waals surface area contributed by atoms with Crippen LogP contribution in [0.2, 0.25) is 0 Å². The van der Waals surface area contributed by atoms with E-state index in [4.69, 9.17) is 0 Å². The lowest BCUT2D eigenvalue weighted by molar-refractivity contribution is -0.117. The first-order valence-electron chi connectivity index (χ1n) is 6.03. The molecule has 2 rings (SSSR count). The number of halogens is 2. The van der Waals surface area contributed by atoms with Gasteiger partial charge in [0.15, 0.2) is 0 Å². The number of hydrogen-bond acceptors (Lipinski definition) is 2. The fourth-order valence-electron chi connectivity index (χ4n) is 1.98. The Balaban J connectivity index is 2.03. The molecular formula is C13H16F2N2O. The molecule has 1 aromatic carbocycles. The van der Waals surface area contributed by atoms with E-state index in [1.807, 2.05) is 0 Å². The van der Waals surface area contributed by atoms with Gasteiger partial charge in [0.05, 0.1) is 6.04 Å². The molecule has 1 N–H and O–H groups in total. The van der Waals surface area contributed by atoms with Crippen molar-refractivity contribution in [2.45, 2.75) is 32.2 Å². The maximum absolute atomic E-state index is 12.4. The van der Waals surface area contributed by atoms with E-state index in [0.29, 0.717) is 12.1 Å². The molecule has 1 aromatic rings. The van der Waals surface area contributed by atoms with Crippen molar-refractivity contribution in [2.75, 3.05) is 16.8 Å². The lowest BCUT2D eigenvalue weighted by Gasteiger charge is -2.18.